The van der Waals surface area contributed by atoms with Gasteiger partial charge in [-0.3, -0.25) is 4.79 Å². The van der Waals surface area contributed by atoms with Crippen molar-refractivity contribution >= 4 is 17.0 Å². The lowest BCUT2D eigenvalue weighted by atomic mass is 10.1. The van der Waals surface area contributed by atoms with Gasteiger partial charge in [0.25, 0.3) is 0 Å². The summed E-state index contributed by atoms with van der Waals surface area (Å²) in [6.45, 7) is 4.02. The average Bonchev–Trinajstić information content (AvgIpc) is 2.56. The quantitative estimate of drug-likeness (QED) is 0.794. The number of rotatable bonds is 7. The van der Waals surface area contributed by atoms with Crippen molar-refractivity contribution < 1.29 is 13.7 Å². The SMILES string of the molecule is CCOC(=O)[C@@H](Cc1ccccc1)NS(=O)c1ccc(C)cc1. The van der Waals surface area contributed by atoms with E-state index in [-0.39, 0.29) is 0 Å². The highest BCUT2D eigenvalue weighted by Crippen LogP contribution is 2.10. The zero-order valence-electron chi connectivity index (χ0n) is 13.3. The fourth-order valence-corrected chi connectivity index (χ4v) is 3.08. The summed E-state index contributed by atoms with van der Waals surface area (Å²) in [6.07, 6.45) is 0.428. The zero-order valence-corrected chi connectivity index (χ0v) is 14.1. The Hall–Kier alpha value is -1.98. The molecule has 0 aromatic heterocycles. The first kappa shape index (κ1) is 17.4. The lowest BCUT2D eigenvalue weighted by Crippen LogP contribution is -2.40. The highest BCUT2D eigenvalue weighted by Gasteiger charge is 2.22. The first-order valence-corrected chi connectivity index (χ1v) is 8.70. The first-order chi connectivity index (χ1) is 11.1. The van der Waals surface area contributed by atoms with E-state index in [0.717, 1.165) is 11.1 Å². The molecule has 1 unspecified atom stereocenters. The van der Waals surface area contributed by atoms with Crippen molar-refractivity contribution in [2.75, 3.05) is 6.61 Å². The maximum absolute atomic E-state index is 12.5. The van der Waals surface area contributed by atoms with Crippen LogP contribution >= 0.6 is 0 Å². The van der Waals surface area contributed by atoms with Gasteiger partial charge in [0.1, 0.15) is 17.0 Å². The number of benzene rings is 2. The van der Waals surface area contributed by atoms with Crippen LogP contribution in [-0.4, -0.2) is 22.8 Å². The van der Waals surface area contributed by atoms with Crippen molar-refractivity contribution in [2.45, 2.75) is 31.2 Å². The van der Waals surface area contributed by atoms with Gasteiger partial charge in [0.05, 0.1) is 11.5 Å². The van der Waals surface area contributed by atoms with Gasteiger partial charge >= 0.3 is 5.97 Å². The standard InChI is InChI=1S/C18H21NO3S/c1-3-22-18(20)17(13-15-7-5-4-6-8-15)19-23(21)16-11-9-14(2)10-12-16/h4-12,17,19H,3,13H2,1-2H3/t17-,23?/m1/s1. The van der Waals surface area contributed by atoms with Crippen LogP contribution in [0.3, 0.4) is 0 Å². The molecule has 2 aromatic rings. The Morgan fingerprint density at radius 1 is 1.13 bits per heavy atom. The molecule has 5 heteroatoms. The number of hydrogen-bond donors (Lipinski definition) is 1. The van der Waals surface area contributed by atoms with E-state index in [1.165, 1.54) is 0 Å². The Labute approximate surface area is 139 Å². The fraction of sp³-hybridized carbons (Fsp3) is 0.278. The fourth-order valence-electron chi connectivity index (χ4n) is 2.12. The second-order valence-corrected chi connectivity index (χ2v) is 6.44. The van der Waals surface area contributed by atoms with Gasteiger partial charge in [0.2, 0.25) is 0 Å². The Kier molecular flexibility index (Phi) is 6.50. The highest BCUT2D eigenvalue weighted by atomic mass is 32.2. The van der Waals surface area contributed by atoms with E-state index in [9.17, 15) is 9.00 Å². The Morgan fingerprint density at radius 2 is 1.78 bits per heavy atom. The molecule has 0 fully saturated rings. The third kappa shape index (κ3) is 5.30. The minimum absolute atomic E-state index is 0.295. The maximum Gasteiger partial charge on any atom is 0.324 e. The molecule has 0 saturated carbocycles. The molecule has 2 atom stereocenters. The number of esters is 1. The molecule has 0 radical (unpaired) electrons. The third-order valence-corrected chi connectivity index (χ3v) is 4.54. The number of carbonyl (C=O) groups excluding carboxylic acids is 1. The summed E-state index contributed by atoms with van der Waals surface area (Å²) in [6, 6.07) is 16.3. The van der Waals surface area contributed by atoms with Crippen molar-refractivity contribution in [1.82, 2.24) is 4.72 Å². The predicted octanol–water partition coefficient (Wildman–Crippen LogP) is 2.78. The summed E-state index contributed by atoms with van der Waals surface area (Å²) in [7, 11) is -1.47. The minimum atomic E-state index is -1.47. The molecule has 23 heavy (non-hydrogen) atoms. The van der Waals surface area contributed by atoms with E-state index >= 15 is 0 Å². The first-order valence-electron chi connectivity index (χ1n) is 7.55. The van der Waals surface area contributed by atoms with E-state index in [0.29, 0.717) is 17.9 Å². The summed E-state index contributed by atoms with van der Waals surface area (Å²) < 4.78 is 20.4. The molecule has 4 nitrogen and oxygen atoms in total. The molecule has 0 heterocycles. The summed E-state index contributed by atoms with van der Waals surface area (Å²) in [5.74, 6) is -0.392. The van der Waals surface area contributed by atoms with Gasteiger partial charge in [-0.05, 0) is 38.0 Å². The number of nitrogens with one attached hydrogen (secondary N) is 1. The zero-order chi connectivity index (χ0) is 16.7. The molecule has 2 aromatic carbocycles. The van der Waals surface area contributed by atoms with Crippen LogP contribution < -0.4 is 4.72 Å². The number of hydrogen-bond acceptors (Lipinski definition) is 3. The Balaban J connectivity index is 2.11. The third-order valence-electron chi connectivity index (χ3n) is 3.34. The van der Waals surface area contributed by atoms with Crippen molar-refractivity contribution in [3.63, 3.8) is 0 Å². The maximum atomic E-state index is 12.5. The van der Waals surface area contributed by atoms with Gasteiger partial charge in [-0.1, -0.05) is 48.0 Å². The molecule has 122 valence electrons. The van der Waals surface area contributed by atoms with Gasteiger partial charge in [0, 0.05) is 0 Å². The summed E-state index contributed by atoms with van der Waals surface area (Å²) >= 11 is 0. The van der Waals surface area contributed by atoms with E-state index in [2.05, 4.69) is 4.72 Å². The molecule has 0 spiro atoms. The largest absolute Gasteiger partial charge is 0.465 e. The molecule has 0 aliphatic rings. The monoisotopic (exact) mass is 331 g/mol. The molecular formula is C18H21NO3S. The van der Waals surface area contributed by atoms with Crippen LogP contribution in [0.5, 0.6) is 0 Å². The topological polar surface area (TPSA) is 55.4 Å². The molecular weight excluding hydrogens is 310 g/mol. The van der Waals surface area contributed by atoms with Gasteiger partial charge in [-0.2, -0.15) is 0 Å². The summed E-state index contributed by atoms with van der Waals surface area (Å²) in [4.78, 5) is 12.8. The van der Waals surface area contributed by atoms with Crippen LogP contribution in [0.1, 0.15) is 18.1 Å². The van der Waals surface area contributed by atoms with E-state index in [1.54, 1.807) is 19.1 Å². The van der Waals surface area contributed by atoms with Crippen LogP contribution in [0.2, 0.25) is 0 Å². The van der Waals surface area contributed by atoms with E-state index in [1.807, 2.05) is 49.4 Å². The van der Waals surface area contributed by atoms with Crippen LogP contribution in [0.15, 0.2) is 59.5 Å². The summed E-state index contributed by atoms with van der Waals surface area (Å²) in [5, 5.41) is 0. The van der Waals surface area contributed by atoms with Crippen LogP contribution in [0.4, 0.5) is 0 Å². The smallest absolute Gasteiger partial charge is 0.324 e. The number of ether oxygens (including phenoxy) is 1. The second kappa shape index (κ2) is 8.60. The van der Waals surface area contributed by atoms with Crippen molar-refractivity contribution in [2.24, 2.45) is 0 Å². The average molecular weight is 331 g/mol. The lowest BCUT2D eigenvalue weighted by molar-refractivity contribution is -0.145. The van der Waals surface area contributed by atoms with E-state index in [4.69, 9.17) is 4.74 Å². The highest BCUT2D eigenvalue weighted by molar-refractivity contribution is 7.83. The normalized spacial score (nSPS) is 13.3. The Bertz CT molecular complexity index is 656. The molecule has 0 bridgehead atoms. The second-order valence-electron chi connectivity index (χ2n) is 5.19. The molecule has 0 amide bonds. The minimum Gasteiger partial charge on any atom is -0.465 e. The van der Waals surface area contributed by atoms with Gasteiger partial charge in [-0.15, -0.1) is 0 Å². The van der Waals surface area contributed by atoms with Gasteiger partial charge in [-0.25, -0.2) is 8.93 Å². The van der Waals surface area contributed by atoms with Crippen molar-refractivity contribution in [3.8, 4) is 0 Å². The molecule has 0 aliphatic carbocycles. The van der Waals surface area contributed by atoms with Crippen molar-refractivity contribution in [3.05, 3.63) is 65.7 Å². The molecule has 0 aliphatic heterocycles. The number of aryl methyl sites for hydroxylation is 1. The van der Waals surface area contributed by atoms with Crippen LogP contribution in [0, 0.1) is 6.92 Å². The Morgan fingerprint density at radius 3 is 2.39 bits per heavy atom. The predicted molar refractivity (Wildman–Crippen MR) is 91.3 cm³/mol. The molecule has 2 rings (SSSR count). The molecule has 1 N–H and O–H groups in total. The lowest BCUT2D eigenvalue weighted by Gasteiger charge is -2.17. The van der Waals surface area contributed by atoms with Gasteiger partial charge in [0.15, 0.2) is 0 Å². The van der Waals surface area contributed by atoms with Crippen LogP contribution in [-0.2, 0) is 26.9 Å². The number of carbonyl (C=O) groups is 1. The van der Waals surface area contributed by atoms with Crippen LogP contribution in [0.25, 0.3) is 0 Å². The van der Waals surface area contributed by atoms with Gasteiger partial charge < -0.3 is 4.74 Å². The van der Waals surface area contributed by atoms with E-state index < -0.39 is 23.0 Å². The molecule has 0 saturated heterocycles. The summed E-state index contributed by atoms with van der Waals surface area (Å²) in [5.41, 5.74) is 2.08. The van der Waals surface area contributed by atoms with Crippen molar-refractivity contribution in [1.29, 1.82) is 0 Å².